The van der Waals surface area contributed by atoms with Crippen LogP contribution in [0.4, 0.5) is 0 Å². The van der Waals surface area contributed by atoms with Gasteiger partial charge in [-0.2, -0.15) is 12.6 Å². The van der Waals surface area contributed by atoms with Crippen molar-refractivity contribution in [3.8, 4) is 0 Å². The normalized spacial score (nSPS) is 12.1. The van der Waals surface area contributed by atoms with E-state index in [0.717, 1.165) is 0 Å². The molecule has 5 heteroatoms. The van der Waals surface area contributed by atoms with Gasteiger partial charge in [-0.15, -0.1) is 0 Å². The topological polar surface area (TPSA) is 66.4 Å². The van der Waals surface area contributed by atoms with Gasteiger partial charge in [-0.05, 0) is 0 Å². The summed E-state index contributed by atoms with van der Waals surface area (Å²) in [6.07, 6.45) is 0.342. The van der Waals surface area contributed by atoms with E-state index in [1.54, 1.807) is 0 Å². The highest BCUT2D eigenvalue weighted by Gasteiger charge is 2.12. The fourth-order valence-electron chi connectivity index (χ4n) is 0.284. The van der Waals surface area contributed by atoms with Crippen LogP contribution in [0.15, 0.2) is 0 Å². The maximum atomic E-state index is 10.1. The lowest BCUT2D eigenvalue weighted by Crippen LogP contribution is -2.37. The number of rotatable bonds is 4. The van der Waals surface area contributed by atoms with Crippen molar-refractivity contribution < 1.29 is 14.7 Å². The molecule has 1 amide bonds. The Morgan fingerprint density at radius 2 is 2.44 bits per heavy atom. The molecule has 0 aromatic rings. The zero-order chi connectivity index (χ0) is 7.28. The third kappa shape index (κ3) is 2.97. The van der Waals surface area contributed by atoms with Crippen LogP contribution in [0.3, 0.4) is 0 Å². The van der Waals surface area contributed by atoms with Crippen LogP contribution < -0.4 is 5.32 Å². The fraction of sp³-hybridized carbons (Fsp3) is 0.500. The number of amides is 1. The number of carbonyl (C=O) groups excluding carboxylic acids is 1. The minimum Gasteiger partial charge on any atom is -0.480 e. The Kier molecular flexibility index (Phi) is 3.87. The molecule has 0 rings (SSSR count). The van der Waals surface area contributed by atoms with E-state index in [-0.39, 0.29) is 5.75 Å². The van der Waals surface area contributed by atoms with E-state index in [9.17, 15) is 9.59 Å². The average Bonchev–Trinajstić information content (AvgIpc) is 1.82. The summed E-state index contributed by atoms with van der Waals surface area (Å²) in [5.74, 6) is -0.967. The van der Waals surface area contributed by atoms with Crippen molar-refractivity contribution in [2.45, 2.75) is 6.04 Å². The summed E-state index contributed by atoms with van der Waals surface area (Å²) in [7, 11) is 0. The molecule has 0 saturated carbocycles. The van der Waals surface area contributed by atoms with Crippen LogP contribution in [-0.2, 0) is 9.59 Å². The molecule has 0 aliphatic carbocycles. The second-order valence-electron chi connectivity index (χ2n) is 1.36. The smallest absolute Gasteiger partial charge is 0.327 e. The molecule has 0 unspecified atom stereocenters. The number of hydrogen-bond donors (Lipinski definition) is 3. The summed E-state index contributed by atoms with van der Waals surface area (Å²) in [5.41, 5.74) is 0. The standard InChI is InChI=1S/C4H7NO3S/c6-2-5-3(1-9)4(7)8/h2-3,9H,1H2,(H,5,6)(H,7,8)/t3-/m0/s1. The first-order chi connectivity index (χ1) is 4.22. The van der Waals surface area contributed by atoms with E-state index in [4.69, 9.17) is 5.11 Å². The Balaban J connectivity index is 3.67. The first-order valence-corrected chi connectivity index (χ1v) is 2.89. The van der Waals surface area contributed by atoms with E-state index < -0.39 is 12.0 Å². The summed E-state index contributed by atoms with van der Waals surface area (Å²) < 4.78 is 0. The molecule has 4 nitrogen and oxygen atoms in total. The van der Waals surface area contributed by atoms with Crippen LogP contribution >= 0.6 is 12.6 Å². The predicted molar refractivity (Wildman–Crippen MR) is 34.5 cm³/mol. The zero-order valence-electron chi connectivity index (χ0n) is 4.57. The van der Waals surface area contributed by atoms with Gasteiger partial charge in [0, 0.05) is 5.75 Å². The van der Waals surface area contributed by atoms with E-state index in [1.807, 2.05) is 0 Å². The van der Waals surface area contributed by atoms with Crippen molar-refractivity contribution >= 4 is 25.0 Å². The SMILES string of the molecule is O=CN[C@@H](CS)C(=O)O. The Morgan fingerprint density at radius 1 is 1.89 bits per heavy atom. The first kappa shape index (κ1) is 8.29. The third-order valence-corrected chi connectivity index (χ3v) is 1.12. The third-order valence-electron chi connectivity index (χ3n) is 0.750. The second-order valence-corrected chi connectivity index (χ2v) is 1.72. The molecule has 0 bridgehead atoms. The van der Waals surface area contributed by atoms with Gasteiger partial charge in [0.15, 0.2) is 0 Å². The summed E-state index contributed by atoms with van der Waals surface area (Å²) in [5, 5.41) is 10.3. The van der Waals surface area contributed by atoms with E-state index in [0.29, 0.717) is 6.41 Å². The molecule has 0 aliphatic heterocycles. The van der Waals surface area contributed by atoms with Gasteiger partial charge in [0.25, 0.3) is 0 Å². The van der Waals surface area contributed by atoms with E-state index >= 15 is 0 Å². The number of thiol groups is 1. The highest BCUT2D eigenvalue weighted by atomic mass is 32.1. The van der Waals surface area contributed by atoms with Gasteiger partial charge in [0.2, 0.25) is 6.41 Å². The van der Waals surface area contributed by atoms with Crippen LogP contribution in [0.25, 0.3) is 0 Å². The predicted octanol–water partition coefficient (Wildman–Crippen LogP) is -0.885. The van der Waals surface area contributed by atoms with E-state index in [1.165, 1.54) is 0 Å². The highest BCUT2D eigenvalue weighted by Crippen LogP contribution is 1.84. The number of aliphatic carboxylic acids is 1. The minimum atomic E-state index is -1.07. The zero-order valence-corrected chi connectivity index (χ0v) is 5.47. The first-order valence-electron chi connectivity index (χ1n) is 2.25. The van der Waals surface area contributed by atoms with Gasteiger partial charge in [0.05, 0.1) is 0 Å². The number of carbonyl (C=O) groups is 2. The lowest BCUT2D eigenvalue weighted by Gasteiger charge is -2.04. The maximum absolute atomic E-state index is 10.1. The van der Waals surface area contributed by atoms with Crippen LogP contribution in [0, 0.1) is 0 Å². The van der Waals surface area contributed by atoms with Gasteiger partial charge in [-0.3, -0.25) is 4.79 Å². The monoisotopic (exact) mass is 149 g/mol. The van der Waals surface area contributed by atoms with Crippen molar-refractivity contribution in [1.29, 1.82) is 0 Å². The fourth-order valence-corrected chi connectivity index (χ4v) is 0.546. The molecule has 2 N–H and O–H groups in total. The largest absolute Gasteiger partial charge is 0.480 e. The molecule has 9 heavy (non-hydrogen) atoms. The molecule has 0 aromatic carbocycles. The van der Waals surface area contributed by atoms with Crippen molar-refractivity contribution in [2.24, 2.45) is 0 Å². The Bertz CT molecular complexity index is 116. The minimum absolute atomic E-state index is 0.105. The lowest BCUT2D eigenvalue weighted by atomic mass is 10.3. The highest BCUT2D eigenvalue weighted by molar-refractivity contribution is 7.80. The molecular formula is C4H7NO3S. The van der Waals surface area contributed by atoms with Crippen LogP contribution in [0.1, 0.15) is 0 Å². The second kappa shape index (κ2) is 4.20. The van der Waals surface area contributed by atoms with Crippen molar-refractivity contribution in [3.05, 3.63) is 0 Å². The summed E-state index contributed by atoms with van der Waals surface area (Å²) in [6.45, 7) is 0. The number of hydrogen-bond acceptors (Lipinski definition) is 3. The van der Waals surface area contributed by atoms with Crippen molar-refractivity contribution in [2.75, 3.05) is 5.75 Å². The molecule has 0 saturated heterocycles. The Hall–Kier alpha value is -0.710. The molecule has 52 valence electrons. The van der Waals surface area contributed by atoms with Gasteiger partial charge in [-0.1, -0.05) is 0 Å². The maximum Gasteiger partial charge on any atom is 0.327 e. The van der Waals surface area contributed by atoms with Crippen LogP contribution in [-0.4, -0.2) is 29.3 Å². The molecule has 0 fully saturated rings. The molecule has 0 heterocycles. The summed E-state index contributed by atoms with van der Waals surface area (Å²) >= 11 is 3.69. The molecule has 0 aromatic heterocycles. The van der Waals surface area contributed by atoms with Gasteiger partial charge in [0.1, 0.15) is 6.04 Å². The van der Waals surface area contributed by atoms with E-state index in [2.05, 4.69) is 17.9 Å². The number of carboxylic acids is 1. The molecule has 0 radical (unpaired) electrons. The molecule has 1 atom stereocenters. The summed E-state index contributed by atoms with van der Waals surface area (Å²) in [6, 6.07) is -0.870. The molecule has 0 aliphatic rings. The molecular weight excluding hydrogens is 142 g/mol. The number of nitrogens with one attached hydrogen (secondary N) is 1. The number of carboxylic acid groups (broad SMARTS) is 1. The van der Waals surface area contributed by atoms with Crippen LogP contribution in [0.2, 0.25) is 0 Å². The van der Waals surface area contributed by atoms with Crippen LogP contribution in [0.5, 0.6) is 0 Å². The van der Waals surface area contributed by atoms with Crippen molar-refractivity contribution in [1.82, 2.24) is 5.32 Å². The lowest BCUT2D eigenvalue weighted by molar-refractivity contribution is -0.139. The Labute approximate surface area is 57.7 Å². The summed E-state index contributed by atoms with van der Waals surface area (Å²) in [4.78, 5) is 19.7. The average molecular weight is 149 g/mol. The Morgan fingerprint density at radius 3 is 2.56 bits per heavy atom. The quantitative estimate of drug-likeness (QED) is 0.359. The van der Waals surface area contributed by atoms with Gasteiger partial charge in [-0.25, -0.2) is 4.79 Å². The van der Waals surface area contributed by atoms with Crippen molar-refractivity contribution in [3.63, 3.8) is 0 Å². The van der Waals surface area contributed by atoms with Gasteiger partial charge < -0.3 is 10.4 Å². The van der Waals surface area contributed by atoms with Gasteiger partial charge >= 0.3 is 5.97 Å². The molecule has 0 spiro atoms.